The van der Waals surface area contributed by atoms with E-state index in [-0.39, 0.29) is 0 Å². The van der Waals surface area contributed by atoms with Crippen LogP contribution in [-0.4, -0.2) is 121 Å². The first-order valence-electron chi connectivity index (χ1n) is 7.26. The molecule has 0 unspecified atom stereocenters. The second kappa shape index (κ2) is 8.44. The van der Waals surface area contributed by atoms with Gasteiger partial charge in [-0.15, -0.1) is 0 Å². The molecule has 3 radical (unpaired) electrons. The van der Waals surface area contributed by atoms with Gasteiger partial charge in [0.15, 0.2) is 12.6 Å². The van der Waals surface area contributed by atoms with Crippen LogP contribution in [-0.2, 0) is 18.6 Å². The minimum atomic E-state index is -1.70. The monoisotopic (exact) mass is 369 g/mol. The summed E-state index contributed by atoms with van der Waals surface area (Å²) in [4.78, 5) is 0. The molecule has 10 atom stereocenters. The summed E-state index contributed by atoms with van der Waals surface area (Å²) in [5.74, 6) is 0. The van der Waals surface area contributed by atoms with Crippen molar-refractivity contribution >= 4 is 10.5 Å². The smallest absolute Gasteiger partial charge is 0.250 e. The number of rotatable bonds is 5. The summed E-state index contributed by atoms with van der Waals surface area (Å²) in [5, 5.41) is 67.9. The summed E-state index contributed by atoms with van der Waals surface area (Å²) in [7, 11) is 2.67. The van der Waals surface area contributed by atoms with E-state index in [4.69, 9.17) is 19.3 Å². The Morgan fingerprint density at radius 2 is 1.25 bits per heavy atom. The maximum Gasteiger partial charge on any atom is 0.250 e. The molecule has 0 spiro atoms. The van der Waals surface area contributed by atoms with E-state index in [0.717, 1.165) is 0 Å². The van der Waals surface area contributed by atoms with E-state index < -0.39 is 74.6 Å². The summed E-state index contributed by atoms with van der Waals surface area (Å²) in [5.41, 5.74) is 0. The van der Waals surface area contributed by atoms with E-state index in [2.05, 4.69) is 14.9 Å². The van der Waals surface area contributed by atoms with Crippen LogP contribution in [0.2, 0.25) is 0 Å². The molecule has 11 nitrogen and oxygen atoms in total. The topological polar surface area (TPSA) is 179 Å². The van der Waals surface area contributed by atoms with Crippen molar-refractivity contribution in [1.29, 1.82) is 0 Å². The predicted molar refractivity (Wildman–Crippen MR) is 73.2 cm³/mol. The van der Waals surface area contributed by atoms with Gasteiger partial charge in [-0.3, -0.25) is 0 Å². The van der Waals surface area contributed by atoms with E-state index in [9.17, 15) is 30.6 Å². The molecule has 24 heavy (non-hydrogen) atoms. The van der Waals surface area contributed by atoms with Gasteiger partial charge in [0.2, 0.25) is 10.5 Å². The van der Waals surface area contributed by atoms with Crippen LogP contribution in [0.15, 0.2) is 0 Å². The Morgan fingerprint density at radius 3 is 1.79 bits per heavy atom. The molecule has 2 fully saturated rings. The third-order valence-electron chi connectivity index (χ3n) is 4.08. The van der Waals surface area contributed by atoms with Crippen LogP contribution in [0, 0.1) is 0 Å². The summed E-state index contributed by atoms with van der Waals surface area (Å²) in [6.07, 6.45) is -14.6. The molecule has 0 saturated carbocycles. The number of aliphatic hydroxyl groups is 7. The van der Waals surface area contributed by atoms with Crippen LogP contribution in [0.5, 0.6) is 0 Å². The van der Waals surface area contributed by atoms with Gasteiger partial charge >= 0.3 is 0 Å². The lowest BCUT2D eigenvalue weighted by molar-refractivity contribution is -0.352. The molecule has 0 bridgehead atoms. The van der Waals surface area contributed by atoms with Crippen molar-refractivity contribution in [2.75, 3.05) is 13.2 Å². The Morgan fingerprint density at radius 1 is 0.708 bits per heavy atom. The van der Waals surface area contributed by atoms with E-state index in [1.165, 1.54) is 0 Å². The minimum absolute atomic E-state index is 0.613. The highest BCUT2D eigenvalue weighted by molar-refractivity contribution is 5.98. The molecule has 0 amide bonds. The van der Waals surface area contributed by atoms with E-state index in [0.29, 0.717) is 0 Å². The molecule has 2 heterocycles. The van der Waals surface area contributed by atoms with Gasteiger partial charge in [-0.25, -0.2) is 0 Å². The Kier molecular flexibility index (Phi) is 7.07. The molecule has 0 aromatic heterocycles. The van der Waals surface area contributed by atoms with Crippen LogP contribution >= 0.6 is 0 Å². The van der Waals surface area contributed by atoms with E-state index >= 15 is 0 Å². The fourth-order valence-electron chi connectivity index (χ4n) is 2.65. The van der Waals surface area contributed by atoms with Gasteiger partial charge in [0.25, 0.3) is 0 Å². The second-order valence-electron chi connectivity index (χ2n) is 5.62. The fourth-order valence-corrected chi connectivity index (χ4v) is 2.85. The quantitative estimate of drug-likeness (QED) is 0.230. The molecule has 139 valence electrons. The highest BCUT2D eigenvalue weighted by Crippen LogP contribution is 2.29. The molecule has 0 aromatic rings. The normalized spacial score (nSPS) is 50.0. The number of ether oxygens (including phenoxy) is 3. The largest absolute Gasteiger partial charge is 0.394 e. The molecule has 12 heteroatoms. The minimum Gasteiger partial charge on any atom is -0.394 e. The maximum absolute atomic E-state index is 10.1. The zero-order valence-electron chi connectivity index (χ0n) is 12.5. The van der Waals surface area contributed by atoms with Crippen molar-refractivity contribution in [2.45, 2.75) is 61.4 Å². The van der Waals surface area contributed by atoms with E-state index in [1.54, 1.807) is 0 Å². The third kappa shape index (κ3) is 3.79. The Hall–Kier alpha value is -0.223. The van der Waals surface area contributed by atoms with Gasteiger partial charge in [0, 0.05) is 0 Å². The summed E-state index contributed by atoms with van der Waals surface area (Å²) in [6.45, 7) is -1.27. The average molecular weight is 369 g/mol. The first kappa shape index (κ1) is 20.1. The highest BCUT2D eigenvalue weighted by atomic mass is 28.2. The summed E-state index contributed by atoms with van der Waals surface area (Å²) >= 11 is 0. The van der Waals surface area contributed by atoms with Crippen LogP contribution in [0.1, 0.15) is 0 Å². The highest BCUT2D eigenvalue weighted by Gasteiger charge is 2.50. The van der Waals surface area contributed by atoms with Crippen LogP contribution in [0.4, 0.5) is 0 Å². The molecule has 2 aliphatic rings. The van der Waals surface area contributed by atoms with E-state index in [1.807, 2.05) is 0 Å². The van der Waals surface area contributed by atoms with Crippen molar-refractivity contribution in [3.63, 3.8) is 0 Å². The number of hydrogen-bond donors (Lipinski definition) is 7. The van der Waals surface area contributed by atoms with Crippen molar-refractivity contribution < 1.29 is 54.4 Å². The van der Waals surface area contributed by atoms with Gasteiger partial charge in [0.05, 0.1) is 13.2 Å². The Labute approximate surface area is 140 Å². The third-order valence-corrected chi connectivity index (χ3v) is 4.31. The lowest BCUT2D eigenvalue weighted by Gasteiger charge is -2.45. The zero-order chi connectivity index (χ0) is 18.0. The van der Waals surface area contributed by atoms with Crippen molar-refractivity contribution in [3.05, 3.63) is 0 Å². The number of aliphatic hydroxyl groups excluding tert-OH is 7. The molecule has 7 N–H and O–H groups in total. The molecule has 2 aliphatic heterocycles. The molecule has 0 aromatic carbocycles. The Balaban J connectivity index is 2.12. The second-order valence-corrected chi connectivity index (χ2v) is 5.86. The predicted octanol–water partition coefficient (Wildman–Crippen LogP) is -5.29. The number of hydrogen-bond acceptors (Lipinski definition) is 11. The first-order valence-corrected chi connectivity index (χ1v) is 7.67. The SMILES string of the molecule is OC[C@H]1O[C@H](O[C@H]2[C@H](O)[C@@H](O)[C@H](O[Si])O[C@@H]2CO)[C@H](O)[C@@H](O)[C@@H]1O. The lowest BCUT2D eigenvalue weighted by atomic mass is 9.97. The van der Waals surface area contributed by atoms with Gasteiger partial charge in [-0.2, -0.15) is 0 Å². The van der Waals surface area contributed by atoms with Gasteiger partial charge in [0.1, 0.15) is 48.8 Å². The van der Waals surface area contributed by atoms with Crippen LogP contribution in [0.3, 0.4) is 0 Å². The molecular weight excluding hydrogens is 348 g/mol. The summed E-state index contributed by atoms with van der Waals surface area (Å²) in [6, 6.07) is 0. The Bertz CT molecular complexity index is 397. The average Bonchev–Trinajstić information content (AvgIpc) is 2.59. The maximum atomic E-state index is 10.1. The van der Waals surface area contributed by atoms with Gasteiger partial charge in [-0.05, 0) is 0 Å². The van der Waals surface area contributed by atoms with Gasteiger partial charge in [-0.1, -0.05) is 0 Å². The molecular formula is C12H21O11Si. The van der Waals surface area contributed by atoms with Crippen molar-refractivity contribution in [3.8, 4) is 0 Å². The van der Waals surface area contributed by atoms with Crippen LogP contribution in [0.25, 0.3) is 0 Å². The van der Waals surface area contributed by atoms with Crippen molar-refractivity contribution in [2.24, 2.45) is 0 Å². The molecule has 2 saturated heterocycles. The van der Waals surface area contributed by atoms with Crippen LogP contribution < -0.4 is 0 Å². The lowest BCUT2D eigenvalue weighted by Crippen LogP contribution is -2.64. The standard InChI is InChI=1S/C12H21O11Si/c13-1-3-5(15)6(16)8(18)11(20-3)22-10-4(2-14)21-12(23-24)9(19)7(10)17/h3-19H,1-2H2/t3-,4-,5-,6+,7-,8-,9-,10-,11-,12+/m1/s1. The first-order chi connectivity index (χ1) is 11.3. The molecule has 2 rings (SSSR count). The zero-order valence-corrected chi connectivity index (χ0v) is 13.5. The van der Waals surface area contributed by atoms with Crippen molar-refractivity contribution in [1.82, 2.24) is 0 Å². The summed E-state index contributed by atoms with van der Waals surface area (Å²) < 4.78 is 20.4. The van der Waals surface area contributed by atoms with Gasteiger partial charge < -0.3 is 54.4 Å². The molecule has 0 aliphatic carbocycles. The fraction of sp³-hybridized carbons (Fsp3) is 1.00.